The number of allylic oxidation sites excluding steroid dienone is 1. The lowest BCUT2D eigenvalue weighted by molar-refractivity contribution is -0.112. The molecule has 0 amide bonds. The second kappa shape index (κ2) is 3.50. The minimum atomic E-state index is 0.00917. The maximum atomic E-state index is 10.4. The van der Waals surface area contributed by atoms with Gasteiger partial charge in [0.15, 0.2) is 5.78 Å². The largest absolute Gasteiger partial charge is 0.294 e. The van der Waals surface area contributed by atoms with E-state index in [9.17, 15) is 4.79 Å². The quantitative estimate of drug-likeness (QED) is 0.540. The van der Waals surface area contributed by atoms with Crippen LogP contribution in [-0.2, 0) is 4.79 Å². The van der Waals surface area contributed by atoms with Crippen molar-refractivity contribution in [3.63, 3.8) is 0 Å². The van der Waals surface area contributed by atoms with Gasteiger partial charge in [-0.1, -0.05) is 24.9 Å². The van der Waals surface area contributed by atoms with Crippen molar-refractivity contribution in [2.24, 2.45) is 0 Å². The molecule has 0 N–H and O–H groups in total. The number of ketones is 1. The molecule has 0 aromatic carbocycles. The summed E-state index contributed by atoms with van der Waals surface area (Å²) in [5.41, 5.74) is 0. The van der Waals surface area contributed by atoms with E-state index in [0.717, 1.165) is 0 Å². The van der Waals surface area contributed by atoms with E-state index in [1.165, 1.54) is 18.7 Å². The predicted molar refractivity (Wildman–Crippen MR) is 37.6 cm³/mol. The molecular weight excluding hydrogens is 120 g/mol. The zero-order valence-corrected chi connectivity index (χ0v) is 5.62. The first-order valence-electron chi connectivity index (χ1n) is 2.16. The van der Waals surface area contributed by atoms with E-state index >= 15 is 0 Å². The number of carbonyl (C=O) groups excluding carboxylic acids is 1. The van der Waals surface area contributed by atoms with Gasteiger partial charge in [-0.2, -0.15) is 0 Å². The molecule has 0 saturated heterocycles. The van der Waals surface area contributed by atoms with Gasteiger partial charge >= 0.3 is 0 Å². The zero-order chi connectivity index (χ0) is 6.57. The zero-order valence-electron chi connectivity index (χ0n) is 4.81. The van der Waals surface area contributed by atoms with Gasteiger partial charge in [0, 0.05) is 4.91 Å². The number of thioether (sulfide) groups is 1. The van der Waals surface area contributed by atoms with E-state index in [1.807, 2.05) is 0 Å². The van der Waals surface area contributed by atoms with E-state index in [1.54, 1.807) is 5.41 Å². The molecule has 0 aliphatic carbocycles. The Morgan fingerprint density at radius 2 is 2.25 bits per heavy atom. The van der Waals surface area contributed by atoms with Crippen molar-refractivity contribution in [1.29, 1.82) is 0 Å². The average Bonchev–Trinajstić information content (AvgIpc) is 1.67. The Morgan fingerprint density at radius 3 is 2.38 bits per heavy atom. The van der Waals surface area contributed by atoms with Crippen molar-refractivity contribution in [3.8, 4) is 0 Å². The molecular formula is C6H8OS. The summed E-state index contributed by atoms with van der Waals surface area (Å²) in [7, 11) is 0. The van der Waals surface area contributed by atoms with Gasteiger partial charge in [0.25, 0.3) is 0 Å². The fourth-order valence-corrected chi connectivity index (χ4v) is 0.551. The third kappa shape index (κ3) is 2.64. The first-order chi connectivity index (χ1) is 3.68. The van der Waals surface area contributed by atoms with Crippen molar-refractivity contribution in [1.82, 2.24) is 0 Å². The molecule has 44 valence electrons. The summed E-state index contributed by atoms with van der Waals surface area (Å²) < 4.78 is 0. The molecule has 0 bridgehead atoms. The van der Waals surface area contributed by atoms with E-state index in [4.69, 9.17) is 0 Å². The highest BCUT2D eigenvalue weighted by molar-refractivity contribution is 8.06. The van der Waals surface area contributed by atoms with Gasteiger partial charge in [0.2, 0.25) is 0 Å². The highest BCUT2D eigenvalue weighted by Crippen LogP contribution is 2.13. The molecule has 0 aromatic rings. The second-order valence-corrected chi connectivity index (χ2v) is 2.33. The topological polar surface area (TPSA) is 17.1 Å². The number of rotatable bonds is 3. The number of hydrogen-bond acceptors (Lipinski definition) is 2. The lowest BCUT2D eigenvalue weighted by Crippen LogP contribution is -1.86. The van der Waals surface area contributed by atoms with Gasteiger partial charge < -0.3 is 0 Å². The van der Waals surface area contributed by atoms with Crippen LogP contribution in [0.5, 0.6) is 0 Å². The van der Waals surface area contributed by atoms with Crippen molar-refractivity contribution in [3.05, 3.63) is 23.5 Å². The molecule has 0 unspecified atom stereocenters. The maximum absolute atomic E-state index is 10.4. The minimum absolute atomic E-state index is 0.00917. The summed E-state index contributed by atoms with van der Waals surface area (Å²) in [4.78, 5) is 10.9. The molecule has 0 rings (SSSR count). The van der Waals surface area contributed by atoms with Crippen LogP contribution in [0.2, 0.25) is 0 Å². The highest BCUT2D eigenvalue weighted by Gasteiger charge is 1.95. The van der Waals surface area contributed by atoms with Gasteiger partial charge in [-0.15, -0.1) is 0 Å². The van der Waals surface area contributed by atoms with Gasteiger partial charge in [-0.05, 0) is 12.3 Å². The van der Waals surface area contributed by atoms with Gasteiger partial charge in [0.05, 0.1) is 0 Å². The van der Waals surface area contributed by atoms with Crippen LogP contribution in [0.3, 0.4) is 0 Å². The minimum Gasteiger partial charge on any atom is -0.294 e. The fraction of sp³-hybridized carbons (Fsp3) is 0.167. The van der Waals surface area contributed by atoms with Crippen LogP contribution in [0, 0.1) is 0 Å². The Morgan fingerprint density at radius 1 is 1.75 bits per heavy atom. The van der Waals surface area contributed by atoms with Crippen LogP contribution in [-0.4, -0.2) is 5.78 Å². The van der Waals surface area contributed by atoms with Gasteiger partial charge in [-0.3, -0.25) is 4.79 Å². The molecule has 0 fully saturated rings. The Kier molecular flexibility index (Phi) is 3.28. The standard InChI is InChI=1S/C6H8OS/c1-4-8-6(3)5(2)7/h4H,1,3H2,2H3. The second-order valence-electron chi connectivity index (χ2n) is 1.26. The van der Waals surface area contributed by atoms with Crippen LogP contribution in [0.25, 0.3) is 0 Å². The Bertz CT molecular complexity index is 126. The summed E-state index contributed by atoms with van der Waals surface area (Å²) in [5.74, 6) is 0.00917. The van der Waals surface area contributed by atoms with Crippen molar-refractivity contribution >= 4 is 17.5 Å². The molecule has 0 heterocycles. The first kappa shape index (κ1) is 7.50. The van der Waals surface area contributed by atoms with Crippen LogP contribution >= 0.6 is 11.8 Å². The summed E-state index contributed by atoms with van der Waals surface area (Å²) in [5, 5.41) is 1.59. The first-order valence-corrected chi connectivity index (χ1v) is 3.04. The Hall–Kier alpha value is -0.500. The van der Waals surface area contributed by atoms with Crippen molar-refractivity contribution in [2.45, 2.75) is 6.92 Å². The maximum Gasteiger partial charge on any atom is 0.165 e. The molecule has 0 aliphatic heterocycles. The smallest absolute Gasteiger partial charge is 0.165 e. The number of carbonyl (C=O) groups is 1. The van der Waals surface area contributed by atoms with Crippen molar-refractivity contribution in [2.75, 3.05) is 0 Å². The molecule has 0 radical (unpaired) electrons. The SMILES string of the molecule is C=CSC(=C)C(C)=O. The normalized spacial score (nSPS) is 8.12. The van der Waals surface area contributed by atoms with E-state index < -0.39 is 0 Å². The summed E-state index contributed by atoms with van der Waals surface area (Å²) in [6.07, 6.45) is 0. The number of hydrogen-bond donors (Lipinski definition) is 0. The molecule has 8 heavy (non-hydrogen) atoms. The van der Waals surface area contributed by atoms with Crippen LogP contribution in [0.1, 0.15) is 6.92 Å². The summed E-state index contributed by atoms with van der Waals surface area (Å²) >= 11 is 1.26. The van der Waals surface area contributed by atoms with Gasteiger partial charge in [0.1, 0.15) is 0 Å². The Balaban J connectivity index is 3.65. The number of Topliss-reactive ketones (excluding diaryl/α,β-unsaturated/α-hetero) is 1. The molecule has 2 heteroatoms. The van der Waals surface area contributed by atoms with Crippen LogP contribution in [0.15, 0.2) is 23.5 Å². The molecule has 0 aliphatic rings. The summed E-state index contributed by atoms with van der Waals surface area (Å²) in [6, 6.07) is 0. The molecule has 0 spiro atoms. The molecule has 1 nitrogen and oxygen atoms in total. The van der Waals surface area contributed by atoms with Crippen LogP contribution in [0.4, 0.5) is 0 Å². The molecule has 0 aromatic heterocycles. The van der Waals surface area contributed by atoms with E-state index in [-0.39, 0.29) is 5.78 Å². The lowest BCUT2D eigenvalue weighted by atomic mass is 10.4. The molecule has 0 saturated carbocycles. The van der Waals surface area contributed by atoms with Crippen LogP contribution < -0.4 is 0 Å². The third-order valence-corrected chi connectivity index (χ3v) is 1.36. The van der Waals surface area contributed by atoms with Crippen molar-refractivity contribution < 1.29 is 4.79 Å². The highest BCUT2D eigenvalue weighted by atomic mass is 32.2. The van der Waals surface area contributed by atoms with Gasteiger partial charge in [-0.25, -0.2) is 0 Å². The summed E-state index contributed by atoms with van der Waals surface area (Å²) in [6.45, 7) is 8.40. The third-order valence-electron chi connectivity index (χ3n) is 0.618. The van der Waals surface area contributed by atoms with E-state index in [0.29, 0.717) is 4.91 Å². The Labute approximate surface area is 53.5 Å². The predicted octanol–water partition coefficient (Wildman–Crippen LogP) is 1.97. The molecule has 0 atom stereocenters. The van der Waals surface area contributed by atoms with E-state index in [2.05, 4.69) is 13.2 Å². The fourth-order valence-electron chi connectivity index (χ4n) is 0.184. The lowest BCUT2D eigenvalue weighted by Gasteiger charge is -1.90. The average molecular weight is 128 g/mol. The monoisotopic (exact) mass is 128 g/mol.